The van der Waals surface area contributed by atoms with Crippen molar-refractivity contribution in [1.29, 1.82) is 0 Å². The van der Waals surface area contributed by atoms with Gasteiger partial charge in [-0.15, -0.1) is 0 Å². The summed E-state index contributed by atoms with van der Waals surface area (Å²) in [5.41, 5.74) is 4.43. The van der Waals surface area contributed by atoms with E-state index in [4.69, 9.17) is 4.52 Å². The second kappa shape index (κ2) is 7.76. The topological polar surface area (TPSA) is 58.4 Å². The fourth-order valence-electron chi connectivity index (χ4n) is 3.73. The Labute approximate surface area is 159 Å². The number of carbonyl (C=O) groups is 1. The lowest BCUT2D eigenvalue weighted by molar-refractivity contribution is -0.122. The summed E-state index contributed by atoms with van der Waals surface area (Å²) in [5, 5.41) is 7.18. The third kappa shape index (κ3) is 3.64. The summed E-state index contributed by atoms with van der Waals surface area (Å²) in [6.45, 7) is 1.87. The van der Waals surface area contributed by atoms with Gasteiger partial charge in [-0.1, -0.05) is 65.8 Å². The van der Waals surface area contributed by atoms with Crippen LogP contribution in [0.2, 0.25) is 0 Å². The molecule has 1 N–H and O–H groups in total. The average Bonchev–Trinajstić information content (AvgIpc) is 3.13. The summed E-state index contributed by atoms with van der Waals surface area (Å²) in [4.78, 5) is 13.9. The van der Waals surface area contributed by atoms with Crippen LogP contribution < -0.4 is 5.32 Å². The summed E-state index contributed by atoms with van der Waals surface area (Å²) in [5.74, 6) is 0.981. The Balaban J connectivity index is 1.73. The van der Waals surface area contributed by atoms with E-state index in [1.54, 1.807) is 7.05 Å². The van der Waals surface area contributed by atoms with Crippen molar-refractivity contribution in [3.8, 4) is 0 Å². The third-order valence-electron chi connectivity index (χ3n) is 5.12. The van der Waals surface area contributed by atoms with Crippen LogP contribution in [0.15, 0.2) is 65.2 Å². The molecule has 5 heteroatoms. The SMILES string of the molecule is CNC(=O)CN1CCc2onc(C(c3ccccc3)c3ccccc3)c2C1. The molecule has 1 aromatic heterocycles. The molecule has 0 saturated heterocycles. The number of nitrogens with zero attached hydrogens (tertiary/aromatic N) is 2. The first-order valence-corrected chi connectivity index (χ1v) is 9.26. The van der Waals surface area contributed by atoms with Crippen LogP contribution in [0.1, 0.15) is 34.1 Å². The lowest BCUT2D eigenvalue weighted by Crippen LogP contribution is -2.38. The Bertz CT molecular complexity index is 866. The van der Waals surface area contributed by atoms with E-state index >= 15 is 0 Å². The molecule has 0 atom stereocenters. The molecule has 0 spiro atoms. The van der Waals surface area contributed by atoms with Gasteiger partial charge in [0.1, 0.15) is 11.5 Å². The van der Waals surface area contributed by atoms with E-state index in [1.165, 1.54) is 11.1 Å². The van der Waals surface area contributed by atoms with Gasteiger partial charge in [-0.25, -0.2) is 0 Å². The zero-order chi connectivity index (χ0) is 18.6. The number of nitrogens with one attached hydrogen (secondary N) is 1. The second-order valence-electron chi connectivity index (χ2n) is 6.86. The van der Waals surface area contributed by atoms with Gasteiger partial charge in [0.05, 0.1) is 12.5 Å². The first kappa shape index (κ1) is 17.5. The molecule has 1 aliphatic rings. The lowest BCUT2D eigenvalue weighted by atomic mass is 9.85. The summed E-state index contributed by atoms with van der Waals surface area (Å²) in [6.07, 6.45) is 0.773. The van der Waals surface area contributed by atoms with Crippen molar-refractivity contribution < 1.29 is 9.32 Å². The summed E-state index contributed by atoms with van der Waals surface area (Å²) in [6, 6.07) is 20.8. The van der Waals surface area contributed by atoms with Crippen LogP contribution in [0, 0.1) is 0 Å². The minimum absolute atomic E-state index is 0.0138. The lowest BCUT2D eigenvalue weighted by Gasteiger charge is -2.26. The predicted octanol–water partition coefficient (Wildman–Crippen LogP) is 2.96. The molecule has 4 rings (SSSR count). The van der Waals surface area contributed by atoms with Crippen LogP contribution in [0.3, 0.4) is 0 Å². The van der Waals surface area contributed by atoms with E-state index in [2.05, 4.69) is 63.9 Å². The van der Waals surface area contributed by atoms with E-state index in [0.717, 1.165) is 30.0 Å². The quantitative estimate of drug-likeness (QED) is 0.759. The number of rotatable bonds is 5. The molecule has 138 valence electrons. The predicted molar refractivity (Wildman–Crippen MR) is 103 cm³/mol. The highest BCUT2D eigenvalue weighted by Crippen LogP contribution is 2.36. The maximum absolute atomic E-state index is 11.8. The molecule has 1 amide bonds. The fraction of sp³-hybridized carbons (Fsp3) is 0.273. The average molecular weight is 361 g/mol. The minimum atomic E-state index is 0.0138. The van der Waals surface area contributed by atoms with Crippen LogP contribution in [-0.2, 0) is 17.8 Å². The van der Waals surface area contributed by atoms with Gasteiger partial charge in [0, 0.05) is 32.1 Å². The maximum Gasteiger partial charge on any atom is 0.233 e. The summed E-state index contributed by atoms with van der Waals surface area (Å²) in [7, 11) is 1.67. The van der Waals surface area contributed by atoms with Crippen molar-refractivity contribution in [2.24, 2.45) is 0 Å². The van der Waals surface area contributed by atoms with Crippen LogP contribution in [0.5, 0.6) is 0 Å². The van der Waals surface area contributed by atoms with Gasteiger partial charge >= 0.3 is 0 Å². The van der Waals surface area contributed by atoms with Gasteiger partial charge in [0.2, 0.25) is 5.91 Å². The Morgan fingerprint density at radius 3 is 2.33 bits per heavy atom. The van der Waals surface area contributed by atoms with Crippen LogP contribution in [-0.4, -0.2) is 36.1 Å². The van der Waals surface area contributed by atoms with Crippen LogP contribution in [0.4, 0.5) is 0 Å². The number of aromatic nitrogens is 1. The number of fused-ring (bicyclic) bond motifs is 1. The van der Waals surface area contributed by atoms with Gasteiger partial charge in [-0.3, -0.25) is 9.69 Å². The highest BCUT2D eigenvalue weighted by atomic mass is 16.5. The van der Waals surface area contributed by atoms with Crippen molar-refractivity contribution in [2.45, 2.75) is 18.9 Å². The smallest absolute Gasteiger partial charge is 0.233 e. The zero-order valence-electron chi connectivity index (χ0n) is 15.4. The molecule has 0 saturated carbocycles. The number of likely N-dealkylation sites (N-methyl/N-ethyl adjacent to an activating group) is 1. The van der Waals surface area contributed by atoms with Gasteiger partial charge in [-0.2, -0.15) is 0 Å². The largest absolute Gasteiger partial charge is 0.361 e. The van der Waals surface area contributed by atoms with Gasteiger partial charge in [0.15, 0.2) is 0 Å². The number of amides is 1. The van der Waals surface area contributed by atoms with Gasteiger partial charge in [0.25, 0.3) is 0 Å². The standard InChI is InChI=1S/C22H23N3O2/c1-23-20(26)15-25-13-12-19-18(14-25)22(24-27-19)21(16-8-4-2-5-9-16)17-10-6-3-7-11-17/h2-11,21H,12-15H2,1H3,(H,23,26). The maximum atomic E-state index is 11.8. The van der Waals surface area contributed by atoms with E-state index < -0.39 is 0 Å². The van der Waals surface area contributed by atoms with E-state index in [-0.39, 0.29) is 11.8 Å². The molecule has 2 aromatic carbocycles. The Kier molecular flexibility index (Phi) is 5.03. The van der Waals surface area contributed by atoms with Crippen LogP contribution >= 0.6 is 0 Å². The van der Waals surface area contributed by atoms with Crippen molar-refractivity contribution in [1.82, 2.24) is 15.4 Å². The van der Waals surface area contributed by atoms with E-state index in [9.17, 15) is 4.79 Å². The Morgan fingerprint density at radius 2 is 1.74 bits per heavy atom. The molecule has 0 unspecified atom stereocenters. The number of hydrogen-bond donors (Lipinski definition) is 1. The zero-order valence-corrected chi connectivity index (χ0v) is 15.4. The first-order valence-electron chi connectivity index (χ1n) is 9.26. The highest BCUT2D eigenvalue weighted by molar-refractivity contribution is 5.77. The van der Waals surface area contributed by atoms with Crippen molar-refractivity contribution in [3.63, 3.8) is 0 Å². The Hall–Kier alpha value is -2.92. The number of carbonyl (C=O) groups excluding carboxylic acids is 1. The monoisotopic (exact) mass is 361 g/mol. The highest BCUT2D eigenvalue weighted by Gasteiger charge is 2.30. The molecule has 0 radical (unpaired) electrons. The molecule has 1 aliphatic heterocycles. The fourth-order valence-corrected chi connectivity index (χ4v) is 3.73. The molecule has 27 heavy (non-hydrogen) atoms. The molecule has 0 aliphatic carbocycles. The summed E-state index contributed by atoms with van der Waals surface area (Å²) < 4.78 is 5.71. The molecule has 2 heterocycles. The van der Waals surface area contributed by atoms with Gasteiger partial charge < -0.3 is 9.84 Å². The number of benzene rings is 2. The first-order chi connectivity index (χ1) is 13.3. The molecule has 0 bridgehead atoms. The van der Waals surface area contributed by atoms with Crippen molar-refractivity contribution >= 4 is 5.91 Å². The third-order valence-corrected chi connectivity index (χ3v) is 5.12. The van der Waals surface area contributed by atoms with Crippen molar-refractivity contribution in [3.05, 3.63) is 88.8 Å². The Morgan fingerprint density at radius 1 is 1.11 bits per heavy atom. The van der Waals surface area contributed by atoms with Crippen LogP contribution in [0.25, 0.3) is 0 Å². The molecule has 5 nitrogen and oxygen atoms in total. The number of hydrogen-bond acceptors (Lipinski definition) is 4. The molecule has 0 fully saturated rings. The summed E-state index contributed by atoms with van der Waals surface area (Å²) >= 11 is 0. The van der Waals surface area contributed by atoms with Crippen molar-refractivity contribution in [2.75, 3.05) is 20.1 Å². The molecular weight excluding hydrogens is 338 g/mol. The molecular formula is C22H23N3O2. The normalized spacial score (nSPS) is 14.1. The second-order valence-corrected chi connectivity index (χ2v) is 6.86. The van der Waals surface area contributed by atoms with Gasteiger partial charge in [-0.05, 0) is 11.1 Å². The minimum Gasteiger partial charge on any atom is -0.361 e. The van der Waals surface area contributed by atoms with E-state index in [0.29, 0.717) is 13.1 Å². The molecule has 3 aromatic rings. The van der Waals surface area contributed by atoms with E-state index in [1.807, 2.05) is 12.1 Å².